The number of nitriles is 1. The molecular formula is C22H26N6O4. The summed E-state index contributed by atoms with van der Waals surface area (Å²) in [7, 11) is 1.55. The van der Waals surface area contributed by atoms with E-state index >= 15 is 0 Å². The smallest absolute Gasteiger partial charge is 0.323 e. The van der Waals surface area contributed by atoms with E-state index in [1.807, 2.05) is 32.0 Å². The average molecular weight is 438 g/mol. The maximum absolute atomic E-state index is 12.9. The Morgan fingerprint density at radius 3 is 2.62 bits per heavy atom. The predicted molar refractivity (Wildman–Crippen MR) is 118 cm³/mol. The van der Waals surface area contributed by atoms with Crippen LogP contribution in [0.3, 0.4) is 0 Å². The van der Waals surface area contributed by atoms with Gasteiger partial charge in [0.05, 0.1) is 13.2 Å². The van der Waals surface area contributed by atoms with E-state index in [2.05, 4.69) is 25.6 Å². The van der Waals surface area contributed by atoms with Crippen LogP contribution in [0.1, 0.15) is 36.5 Å². The Morgan fingerprint density at radius 1 is 1.22 bits per heavy atom. The molecule has 10 heteroatoms. The molecule has 0 aliphatic carbocycles. The number of H-pyrrole nitrogens is 3. The molecule has 0 bridgehead atoms. The molecule has 0 radical (unpaired) electrons. The molecule has 2 aromatic heterocycles. The van der Waals surface area contributed by atoms with E-state index in [0.29, 0.717) is 23.6 Å². The fraction of sp³-hybridized carbons (Fsp3) is 0.364. The number of aromatic amines is 3. The molecule has 10 nitrogen and oxygen atoms in total. The number of hydrogen-bond acceptors (Lipinski definition) is 5. The summed E-state index contributed by atoms with van der Waals surface area (Å²) in [4.78, 5) is 45.1. The normalized spacial score (nSPS) is 12.8. The first-order chi connectivity index (χ1) is 15.3. The van der Waals surface area contributed by atoms with Gasteiger partial charge < -0.3 is 30.3 Å². The van der Waals surface area contributed by atoms with Crippen LogP contribution in [0.2, 0.25) is 0 Å². The van der Waals surface area contributed by atoms with Crippen molar-refractivity contribution in [3.63, 3.8) is 0 Å². The number of nitrogens with one attached hydrogen (secondary N) is 5. The number of carbonyl (C=O) groups is 2. The largest absolute Gasteiger partial charge is 0.496 e. The summed E-state index contributed by atoms with van der Waals surface area (Å²) in [6, 6.07) is 7.43. The van der Waals surface area contributed by atoms with Crippen molar-refractivity contribution in [2.75, 3.05) is 7.11 Å². The van der Waals surface area contributed by atoms with Crippen molar-refractivity contribution in [1.82, 2.24) is 25.6 Å². The molecule has 5 N–H and O–H groups in total. The van der Waals surface area contributed by atoms with Gasteiger partial charge in [0.25, 0.3) is 5.91 Å². The second-order valence-electron chi connectivity index (χ2n) is 7.92. The van der Waals surface area contributed by atoms with Crippen LogP contribution in [0.5, 0.6) is 5.75 Å². The maximum atomic E-state index is 12.9. The second kappa shape index (κ2) is 9.87. The van der Waals surface area contributed by atoms with Crippen LogP contribution in [-0.2, 0) is 11.2 Å². The molecule has 0 fully saturated rings. The van der Waals surface area contributed by atoms with Gasteiger partial charge in [-0.05, 0) is 30.5 Å². The topological polar surface area (TPSA) is 156 Å². The van der Waals surface area contributed by atoms with Gasteiger partial charge in [-0.1, -0.05) is 19.9 Å². The summed E-state index contributed by atoms with van der Waals surface area (Å²) in [5.41, 5.74) is 1.15. The maximum Gasteiger partial charge on any atom is 0.323 e. The number of hydrogen-bond donors (Lipinski definition) is 5. The highest BCUT2D eigenvalue weighted by Crippen LogP contribution is 2.26. The van der Waals surface area contributed by atoms with Gasteiger partial charge in [0.15, 0.2) is 0 Å². The van der Waals surface area contributed by atoms with Crippen LogP contribution in [0.25, 0.3) is 10.9 Å². The van der Waals surface area contributed by atoms with Crippen molar-refractivity contribution in [3.8, 4) is 11.8 Å². The molecule has 2 atom stereocenters. The highest BCUT2D eigenvalue weighted by molar-refractivity contribution is 6.01. The Hall–Kier alpha value is -4.00. The number of nitrogens with zero attached hydrogens (tertiary/aromatic N) is 1. The van der Waals surface area contributed by atoms with E-state index in [1.165, 1.54) is 6.20 Å². The van der Waals surface area contributed by atoms with Gasteiger partial charge in [0.2, 0.25) is 5.91 Å². The van der Waals surface area contributed by atoms with Crippen LogP contribution in [0.15, 0.2) is 35.3 Å². The van der Waals surface area contributed by atoms with Gasteiger partial charge in [-0.25, -0.2) is 4.79 Å². The van der Waals surface area contributed by atoms with Crippen molar-refractivity contribution < 1.29 is 14.3 Å². The number of benzene rings is 1. The van der Waals surface area contributed by atoms with Crippen molar-refractivity contribution in [1.29, 1.82) is 5.26 Å². The number of aromatic nitrogens is 3. The molecule has 2 amide bonds. The Kier molecular flexibility index (Phi) is 7.00. The van der Waals surface area contributed by atoms with Crippen molar-refractivity contribution in [2.24, 2.45) is 5.92 Å². The van der Waals surface area contributed by atoms with Crippen LogP contribution >= 0.6 is 0 Å². The first kappa shape index (κ1) is 22.7. The van der Waals surface area contributed by atoms with Gasteiger partial charge >= 0.3 is 5.69 Å². The molecule has 32 heavy (non-hydrogen) atoms. The molecule has 1 aromatic carbocycles. The van der Waals surface area contributed by atoms with Gasteiger partial charge in [0.1, 0.15) is 23.5 Å². The highest BCUT2D eigenvalue weighted by atomic mass is 16.5. The Bertz CT molecular complexity index is 1200. The summed E-state index contributed by atoms with van der Waals surface area (Å²) >= 11 is 0. The lowest BCUT2D eigenvalue weighted by molar-refractivity contribution is -0.123. The molecule has 0 spiro atoms. The molecular weight excluding hydrogens is 412 g/mol. The zero-order valence-corrected chi connectivity index (χ0v) is 18.1. The third-order valence-corrected chi connectivity index (χ3v) is 4.97. The number of amides is 2. The molecule has 0 aliphatic heterocycles. The Morgan fingerprint density at radius 2 is 2.00 bits per heavy atom. The fourth-order valence-corrected chi connectivity index (χ4v) is 3.47. The summed E-state index contributed by atoms with van der Waals surface area (Å²) in [5.74, 6) is -0.151. The van der Waals surface area contributed by atoms with Crippen LogP contribution < -0.4 is 21.1 Å². The van der Waals surface area contributed by atoms with Crippen molar-refractivity contribution in [2.45, 2.75) is 38.8 Å². The van der Waals surface area contributed by atoms with Crippen molar-refractivity contribution in [3.05, 3.63) is 52.3 Å². The third-order valence-electron chi connectivity index (χ3n) is 4.97. The monoisotopic (exact) mass is 438 g/mol. The molecule has 168 valence electrons. The van der Waals surface area contributed by atoms with Gasteiger partial charge in [0, 0.05) is 29.2 Å². The summed E-state index contributed by atoms with van der Waals surface area (Å²) in [5, 5.41) is 15.6. The van der Waals surface area contributed by atoms with Gasteiger partial charge in [-0.15, -0.1) is 0 Å². The minimum absolute atomic E-state index is 0.121. The molecule has 3 rings (SSSR count). The van der Waals surface area contributed by atoms with E-state index < -0.39 is 23.9 Å². The van der Waals surface area contributed by atoms with E-state index in [0.717, 1.165) is 10.9 Å². The lowest BCUT2D eigenvalue weighted by atomic mass is 10.0. The Balaban J connectivity index is 1.73. The SMILES string of the molecule is COc1cccc2[nH]c(C(=O)NC(CC(C)C)C(=O)NC(C#N)Cc3c[nH]c(=O)[nH]3)cc12. The molecule has 0 saturated carbocycles. The number of rotatable bonds is 9. The van der Waals surface area contributed by atoms with Crippen molar-refractivity contribution >= 4 is 22.7 Å². The number of fused-ring (bicyclic) bond motifs is 1. The first-order valence-corrected chi connectivity index (χ1v) is 10.2. The number of methoxy groups -OCH3 is 1. The lowest BCUT2D eigenvalue weighted by Gasteiger charge is -2.21. The van der Waals surface area contributed by atoms with Gasteiger partial charge in [-0.2, -0.15) is 5.26 Å². The van der Waals surface area contributed by atoms with E-state index in [4.69, 9.17) is 4.74 Å². The summed E-state index contributed by atoms with van der Waals surface area (Å²) in [6.45, 7) is 3.87. The summed E-state index contributed by atoms with van der Waals surface area (Å²) in [6.07, 6.45) is 1.97. The van der Waals surface area contributed by atoms with E-state index in [-0.39, 0.29) is 18.0 Å². The average Bonchev–Trinajstić information content (AvgIpc) is 3.38. The van der Waals surface area contributed by atoms with Crippen LogP contribution in [-0.4, -0.2) is 46.0 Å². The molecule has 0 saturated heterocycles. The van der Waals surface area contributed by atoms with E-state index in [9.17, 15) is 19.6 Å². The number of carbonyl (C=O) groups excluding carboxylic acids is 2. The minimum Gasteiger partial charge on any atom is -0.496 e. The fourth-order valence-electron chi connectivity index (χ4n) is 3.47. The zero-order valence-electron chi connectivity index (χ0n) is 18.1. The highest BCUT2D eigenvalue weighted by Gasteiger charge is 2.26. The molecule has 2 unspecified atom stereocenters. The van der Waals surface area contributed by atoms with Gasteiger partial charge in [-0.3, -0.25) is 9.59 Å². The third kappa shape index (κ3) is 5.37. The lowest BCUT2D eigenvalue weighted by Crippen LogP contribution is -2.50. The number of ether oxygens (including phenoxy) is 1. The Labute approximate surface area is 184 Å². The number of imidazole rings is 1. The quantitative estimate of drug-likeness (QED) is 0.343. The summed E-state index contributed by atoms with van der Waals surface area (Å²) < 4.78 is 5.33. The van der Waals surface area contributed by atoms with E-state index in [1.54, 1.807) is 19.2 Å². The predicted octanol–water partition coefficient (Wildman–Crippen LogP) is 1.59. The standard InChI is InChI=1S/C22H26N6O4/c1-12(2)7-17(20(29)25-13(10-23)8-14-11-24-22(31)26-14)28-21(30)18-9-15-16(27-18)5-4-6-19(15)32-3/h4-6,9,11-13,17,27H,7-8H2,1-3H3,(H,25,29)(H,28,30)(H2,24,26,31). The zero-order chi connectivity index (χ0) is 23.3. The van der Waals surface area contributed by atoms with Crippen LogP contribution in [0.4, 0.5) is 0 Å². The minimum atomic E-state index is -0.863. The second-order valence-corrected chi connectivity index (χ2v) is 7.92. The molecule has 3 aromatic rings. The van der Waals surface area contributed by atoms with Crippen LogP contribution in [0, 0.1) is 17.2 Å². The molecule has 0 aliphatic rings. The molecule has 2 heterocycles. The first-order valence-electron chi connectivity index (χ1n) is 10.2.